The van der Waals surface area contributed by atoms with E-state index in [9.17, 15) is 0 Å². The van der Waals surface area contributed by atoms with Crippen molar-refractivity contribution in [2.45, 2.75) is 10.8 Å². The maximum atomic E-state index is 4.03. The van der Waals surface area contributed by atoms with Gasteiger partial charge >= 0.3 is 0 Å². The predicted molar refractivity (Wildman–Crippen MR) is 387 cm³/mol. The lowest BCUT2D eigenvalue weighted by Gasteiger charge is -2.36. The van der Waals surface area contributed by atoms with Crippen LogP contribution in [-0.4, -0.2) is 4.57 Å². The molecule has 14 aromatic carbocycles. The first-order chi connectivity index (χ1) is 45.5. The van der Waals surface area contributed by atoms with Gasteiger partial charge in [0.25, 0.3) is 0 Å². The van der Waals surface area contributed by atoms with Crippen molar-refractivity contribution in [3.8, 4) is 61.3 Å². The molecule has 0 amide bonds. The molecule has 432 valence electrons. The van der Waals surface area contributed by atoms with Crippen LogP contribution in [0.2, 0.25) is 0 Å². The van der Waals surface area contributed by atoms with E-state index in [1.807, 2.05) is 12.2 Å². The minimum Gasteiger partial charge on any atom is -0.310 e. The van der Waals surface area contributed by atoms with E-state index in [0.717, 1.165) is 72.7 Å². The van der Waals surface area contributed by atoms with Gasteiger partial charge in [-0.05, 0) is 184 Å². The Labute approximate surface area is 537 Å². The van der Waals surface area contributed by atoms with Crippen LogP contribution in [0.15, 0.2) is 353 Å². The van der Waals surface area contributed by atoms with Crippen LogP contribution in [0, 0.1) is 0 Å². The molecule has 17 rings (SSSR count). The fraction of sp³-hybridized carbons (Fsp3) is 0.0222. The second kappa shape index (κ2) is 22.0. The molecule has 0 bridgehead atoms. The molecular formula is C90H62N2. The van der Waals surface area contributed by atoms with Gasteiger partial charge in [0.1, 0.15) is 0 Å². The van der Waals surface area contributed by atoms with Crippen molar-refractivity contribution in [2.75, 3.05) is 4.90 Å². The Bertz CT molecular complexity index is 5150. The van der Waals surface area contributed by atoms with Crippen LogP contribution in [0.1, 0.15) is 55.6 Å². The maximum Gasteiger partial charge on any atom is 0.0715 e. The van der Waals surface area contributed by atoms with Gasteiger partial charge in [-0.2, -0.15) is 0 Å². The van der Waals surface area contributed by atoms with Gasteiger partial charge in [0.05, 0.1) is 21.9 Å². The molecule has 0 atom stereocenters. The van der Waals surface area contributed by atoms with Gasteiger partial charge in [-0.1, -0.05) is 292 Å². The zero-order valence-corrected chi connectivity index (χ0v) is 50.8. The molecule has 2 nitrogen and oxygen atoms in total. The summed E-state index contributed by atoms with van der Waals surface area (Å²) < 4.78 is 2.49. The Morgan fingerprint density at radius 1 is 0.261 bits per heavy atom. The highest BCUT2D eigenvalue weighted by molar-refractivity contribution is 6.12. The smallest absolute Gasteiger partial charge is 0.0715 e. The first-order valence-electron chi connectivity index (χ1n) is 31.8. The largest absolute Gasteiger partial charge is 0.310 e. The SMILES string of the molecule is C=Cc1ccc(-c2ccc3c(c2)c2cc(-c4ccc(C=C)cc4)ccc2n3-c2ccc3c(c2)C(c2ccccc2)(c2ccccc2)c2cc(N(c4cccc(-c5ccccc5)c4)c4ccc5c(c4)C(c4ccccc4)(c4ccccc4)c4ccccc4-5)ccc2-3)cc1. The molecule has 0 saturated carbocycles. The Balaban J connectivity index is 0.899. The van der Waals surface area contributed by atoms with Gasteiger partial charge in [0.15, 0.2) is 0 Å². The highest BCUT2D eigenvalue weighted by atomic mass is 15.1. The molecule has 2 aliphatic rings. The molecule has 2 heteroatoms. The zero-order chi connectivity index (χ0) is 61.3. The van der Waals surface area contributed by atoms with Gasteiger partial charge < -0.3 is 9.47 Å². The molecule has 0 fully saturated rings. The lowest BCUT2D eigenvalue weighted by Crippen LogP contribution is -2.29. The Kier molecular flexibility index (Phi) is 13.0. The second-order valence-electron chi connectivity index (χ2n) is 24.4. The fourth-order valence-electron chi connectivity index (χ4n) is 15.5. The number of aromatic nitrogens is 1. The van der Waals surface area contributed by atoms with Crippen molar-refractivity contribution in [2.24, 2.45) is 0 Å². The van der Waals surface area contributed by atoms with Gasteiger partial charge in [-0.3, -0.25) is 0 Å². The van der Waals surface area contributed by atoms with Crippen LogP contribution in [0.25, 0.3) is 95.3 Å². The average Bonchev–Trinajstić information content (AvgIpc) is 1.54. The average molecular weight is 1170 g/mol. The normalized spacial score (nSPS) is 13.0. The molecule has 0 aliphatic heterocycles. The topological polar surface area (TPSA) is 8.17 Å². The first kappa shape index (κ1) is 54.3. The molecule has 0 N–H and O–H groups in total. The van der Waals surface area contributed by atoms with Crippen LogP contribution >= 0.6 is 0 Å². The summed E-state index contributed by atoms with van der Waals surface area (Å²) in [7, 11) is 0. The van der Waals surface area contributed by atoms with E-state index in [2.05, 4.69) is 362 Å². The van der Waals surface area contributed by atoms with E-state index in [1.54, 1.807) is 0 Å². The summed E-state index contributed by atoms with van der Waals surface area (Å²) in [6.45, 7) is 8.06. The van der Waals surface area contributed by atoms with Crippen molar-refractivity contribution < 1.29 is 0 Å². The Morgan fingerprint density at radius 3 is 1.10 bits per heavy atom. The molecule has 0 unspecified atom stereocenters. The monoisotopic (exact) mass is 1170 g/mol. The number of anilines is 3. The third kappa shape index (κ3) is 8.49. The highest BCUT2D eigenvalue weighted by Crippen LogP contribution is 2.60. The van der Waals surface area contributed by atoms with Gasteiger partial charge in [0, 0.05) is 33.5 Å². The van der Waals surface area contributed by atoms with Crippen molar-refractivity contribution in [1.29, 1.82) is 0 Å². The van der Waals surface area contributed by atoms with Crippen molar-refractivity contribution in [3.63, 3.8) is 0 Å². The summed E-state index contributed by atoms with van der Waals surface area (Å²) in [6.07, 6.45) is 3.80. The van der Waals surface area contributed by atoms with Crippen molar-refractivity contribution >= 4 is 51.0 Å². The maximum absolute atomic E-state index is 4.03. The molecule has 0 radical (unpaired) electrons. The Hall–Kier alpha value is -11.8. The minimum atomic E-state index is -0.750. The van der Waals surface area contributed by atoms with E-state index in [1.165, 1.54) is 83.1 Å². The van der Waals surface area contributed by atoms with E-state index in [-0.39, 0.29) is 0 Å². The lowest BCUT2D eigenvalue weighted by atomic mass is 9.67. The van der Waals surface area contributed by atoms with E-state index < -0.39 is 10.8 Å². The van der Waals surface area contributed by atoms with E-state index >= 15 is 0 Å². The summed E-state index contributed by atoms with van der Waals surface area (Å²) in [5.41, 5.74) is 29.2. The number of fused-ring (bicyclic) bond motifs is 9. The summed E-state index contributed by atoms with van der Waals surface area (Å²) in [5.74, 6) is 0. The number of nitrogens with zero attached hydrogens (tertiary/aromatic N) is 2. The molecule has 15 aromatic rings. The summed E-state index contributed by atoms with van der Waals surface area (Å²) in [6, 6.07) is 127. The quantitative estimate of drug-likeness (QED) is 0.112. The minimum absolute atomic E-state index is 0.592. The third-order valence-electron chi connectivity index (χ3n) is 19.7. The second-order valence-corrected chi connectivity index (χ2v) is 24.4. The van der Waals surface area contributed by atoms with Gasteiger partial charge in [-0.15, -0.1) is 0 Å². The number of hydrogen-bond donors (Lipinski definition) is 0. The molecule has 0 saturated heterocycles. The lowest BCUT2D eigenvalue weighted by molar-refractivity contribution is 0.767. The molecule has 0 spiro atoms. The van der Waals surface area contributed by atoms with Gasteiger partial charge in [-0.25, -0.2) is 0 Å². The van der Waals surface area contributed by atoms with E-state index in [0.29, 0.717) is 0 Å². The molecule has 2 aliphatic carbocycles. The Morgan fingerprint density at radius 2 is 0.620 bits per heavy atom. The van der Waals surface area contributed by atoms with Gasteiger partial charge in [0.2, 0.25) is 0 Å². The van der Waals surface area contributed by atoms with Crippen LogP contribution in [0.3, 0.4) is 0 Å². The summed E-state index contributed by atoms with van der Waals surface area (Å²) in [5, 5.41) is 2.38. The van der Waals surface area contributed by atoms with Crippen molar-refractivity contribution in [1.82, 2.24) is 4.57 Å². The van der Waals surface area contributed by atoms with E-state index in [4.69, 9.17) is 0 Å². The van der Waals surface area contributed by atoms with Crippen LogP contribution in [0.4, 0.5) is 17.1 Å². The number of hydrogen-bond acceptors (Lipinski definition) is 1. The van der Waals surface area contributed by atoms with Crippen LogP contribution in [0.5, 0.6) is 0 Å². The predicted octanol–water partition coefficient (Wildman–Crippen LogP) is 23.3. The fourth-order valence-corrected chi connectivity index (χ4v) is 15.5. The van der Waals surface area contributed by atoms with Crippen LogP contribution < -0.4 is 4.90 Å². The summed E-state index contributed by atoms with van der Waals surface area (Å²) in [4.78, 5) is 2.51. The number of rotatable bonds is 13. The summed E-state index contributed by atoms with van der Waals surface area (Å²) >= 11 is 0. The molecule has 1 aromatic heterocycles. The zero-order valence-electron chi connectivity index (χ0n) is 50.8. The third-order valence-corrected chi connectivity index (χ3v) is 19.7. The van der Waals surface area contributed by atoms with Crippen LogP contribution in [-0.2, 0) is 10.8 Å². The first-order valence-corrected chi connectivity index (χ1v) is 31.8. The molecule has 1 heterocycles. The highest BCUT2D eigenvalue weighted by Gasteiger charge is 2.48. The molecule has 92 heavy (non-hydrogen) atoms. The van der Waals surface area contributed by atoms with Crippen molar-refractivity contribution in [3.05, 3.63) is 409 Å². The standard InChI is InChI=1S/C90H62N2/c1-3-61-37-41-64(42-38-61)67-45-53-87-81(56-67)82-57-68(65-43-39-62(4-2)40-44-65)46-54-88(82)92(87)76-49-52-80-79-51-48-75(59-85(79)90(86(80)60-76,71-30-16-8-17-31-71)72-32-18-9-19-33-72)91(73-34-22-25-66(55-73)63-23-10-5-11-24-63)74-47-50-78-77-35-20-21-36-83(77)89(84(78)58-74,69-26-12-6-13-27-69)70-28-14-7-15-29-70/h3-60H,1-2H2. The number of benzene rings is 14. The molecular weight excluding hydrogens is 1110 g/mol.